The molecule has 8 atom stereocenters. The standard InChI is InChI=1S/C56H66N4O20/c1-25-17-21-31(57-25)49(67)77-45-41(65)53(79-55(5,6)47(45)71-9)73-33-23-19-29-39(63)37(51(69)75-43(29)27(33)3)59-35(61)15-13-11-12-14-16-36(62)60-38-40(64)30-20-24-34(28(4)44(30)76-52(38)70)74-54-42(66)46(48(72-10)56(7,8)80-54)78-50(68)32-22-18-26(2)58-32/h17-24,41-42,45-48,53-54,57-58,63-66H,11-16H2,1-10H3,(H,59,61)(H,60,62). The lowest BCUT2D eigenvalue weighted by atomic mass is 9.89. The summed E-state index contributed by atoms with van der Waals surface area (Å²) < 4.78 is 58.2. The van der Waals surface area contributed by atoms with Gasteiger partial charge in [-0.25, -0.2) is 19.2 Å². The summed E-state index contributed by atoms with van der Waals surface area (Å²) in [5.41, 5.74) is -3.16. The Morgan fingerprint density at radius 1 is 0.575 bits per heavy atom. The van der Waals surface area contributed by atoms with E-state index in [0.29, 0.717) is 25.7 Å². The molecule has 2 fully saturated rings. The number of unbranched alkanes of at least 4 members (excludes halogenated alkanes) is 3. The molecule has 8 unspecified atom stereocenters. The van der Waals surface area contributed by atoms with E-state index in [1.165, 1.54) is 38.5 Å². The topological polar surface area (TPSA) is 339 Å². The van der Waals surface area contributed by atoms with Crippen LogP contribution >= 0.6 is 0 Å². The van der Waals surface area contributed by atoms with Crippen molar-refractivity contribution in [3.8, 4) is 23.0 Å². The molecule has 8 N–H and O–H groups in total. The number of anilines is 2. The Bertz CT molecular complexity index is 3200. The van der Waals surface area contributed by atoms with E-state index in [1.807, 2.05) is 0 Å². The molecule has 2 amide bonds. The molecule has 6 aromatic rings. The summed E-state index contributed by atoms with van der Waals surface area (Å²) >= 11 is 0. The van der Waals surface area contributed by atoms with Gasteiger partial charge in [0.15, 0.2) is 47.3 Å². The van der Waals surface area contributed by atoms with Crippen LogP contribution < -0.4 is 31.4 Å². The Morgan fingerprint density at radius 2 is 0.950 bits per heavy atom. The molecule has 0 spiro atoms. The lowest BCUT2D eigenvalue weighted by Gasteiger charge is -2.47. The second-order valence-electron chi connectivity index (χ2n) is 20.9. The number of aliphatic hydroxyl groups is 2. The predicted octanol–water partition coefficient (Wildman–Crippen LogP) is 6.35. The number of benzene rings is 2. The van der Waals surface area contributed by atoms with E-state index in [1.54, 1.807) is 79.7 Å². The molecule has 2 aliphatic heterocycles. The third-order valence-electron chi connectivity index (χ3n) is 14.2. The SMILES string of the molecule is COC1C(OC(=O)c2ccc(C)[nH]2)C(O)C(Oc2ccc3c(O)c(NC(=O)CCCCCCC(=O)Nc4c(O)c5ccc(OC6OC(C)(C)C(OC)C(OC(=O)c7ccc(C)[nH]7)C6O)c(C)c5oc4=O)c(=O)oc3c2C)OC1(C)C. The molecule has 2 aromatic carbocycles. The first-order valence-electron chi connectivity index (χ1n) is 25.9. The van der Waals surface area contributed by atoms with Crippen molar-refractivity contribution in [1.82, 2.24) is 9.97 Å². The number of aliphatic hydroxyl groups excluding tert-OH is 2. The largest absolute Gasteiger partial charge is 0.505 e. The number of nitrogens with one attached hydrogen (secondary N) is 4. The third-order valence-corrected chi connectivity index (χ3v) is 14.2. The van der Waals surface area contributed by atoms with E-state index in [0.717, 1.165) is 11.4 Å². The smallest absolute Gasteiger partial charge is 0.364 e. The van der Waals surface area contributed by atoms with E-state index < -0.39 is 118 Å². The number of hydrogen-bond acceptors (Lipinski definition) is 20. The highest BCUT2D eigenvalue weighted by Crippen LogP contribution is 2.41. The van der Waals surface area contributed by atoms with Gasteiger partial charge in [0.05, 0.1) is 22.0 Å². The zero-order valence-electron chi connectivity index (χ0n) is 45.8. The van der Waals surface area contributed by atoms with Crippen LogP contribution in [0.3, 0.4) is 0 Å². The van der Waals surface area contributed by atoms with Gasteiger partial charge in [0.2, 0.25) is 24.4 Å². The van der Waals surface area contributed by atoms with Crippen LogP contribution in [0.15, 0.2) is 67.0 Å². The number of aromatic nitrogens is 2. The predicted molar refractivity (Wildman–Crippen MR) is 285 cm³/mol. The van der Waals surface area contributed by atoms with E-state index >= 15 is 0 Å². The maximum absolute atomic E-state index is 13.2. The molecule has 6 heterocycles. The fourth-order valence-corrected chi connectivity index (χ4v) is 10.0. The minimum absolute atomic E-state index is 0.0527. The van der Waals surface area contributed by atoms with Crippen LogP contribution in [0.25, 0.3) is 21.9 Å². The van der Waals surface area contributed by atoms with Crippen molar-refractivity contribution in [3.05, 3.63) is 103 Å². The van der Waals surface area contributed by atoms with Crippen LogP contribution in [0, 0.1) is 27.7 Å². The average Bonchev–Trinajstić information content (AvgIpc) is 4.06. The summed E-state index contributed by atoms with van der Waals surface area (Å²) in [7, 11) is 2.79. The van der Waals surface area contributed by atoms with Gasteiger partial charge in [-0.05, 0) is 117 Å². The molecule has 430 valence electrons. The molecule has 4 aromatic heterocycles. The normalized spacial score (nSPS) is 22.4. The molecule has 0 saturated carbocycles. The van der Waals surface area contributed by atoms with Crippen molar-refractivity contribution in [2.45, 2.75) is 154 Å². The second-order valence-corrected chi connectivity index (χ2v) is 20.9. The Morgan fingerprint density at radius 3 is 1.29 bits per heavy atom. The van der Waals surface area contributed by atoms with Gasteiger partial charge in [-0.3, -0.25) is 9.59 Å². The van der Waals surface area contributed by atoms with E-state index in [4.69, 9.17) is 46.7 Å². The quantitative estimate of drug-likeness (QED) is 0.0249. The highest BCUT2D eigenvalue weighted by atomic mass is 16.7. The van der Waals surface area contributed by atoms with Gasteiger partial charge in [0.1, 0.15) is 46.3 Å². The number of aromatic hydroxyl groups is 2. The Labute approximate surface area is 457 Å². The van der Waals surface area contributed by atoms with Crippen molar-refractivity contribution < 1.29 is 86.3 Å². The molecular weight excluding hydrogens is 1050 g/mol. The van der Waals surface area contributed by atoms with Crippen LogP contribution in [-0.2, 0) is 38.0 Å². The summed E-state index contributed by atoms with van der Waals surface area (Å²) in [6.07, 6.45) is -8.63. The van der Waals surface area contributed by atoms with Gasteiger partial charge in [-0.15, -0.1) is 0 Å². The highest BCUT2D eigenvalue weighted by Gasteiger charge is 2.55. The van der Waals surface area contributed by atoms with Crippen LogP contribution in [0.2, 0.25) is 0 Å². The third kappa shape index (κ3) is 12.0. The molecule has 0 radical (unpaired) electrons. The average molecular weight is 1120 g/mol. The molecule has 0 bridgehead atoms. The van der Waals surface area contributed by atoms with Crippen LogP contribution in [0.1, 0.15) is 110 Å². The van der Waals surface area contributed by atoms with Gasteiger partial charge in [0, 0.05) is 49.6 Å². The Hall–Kier alpha value is -7.74. The molecule has 2 aliphatic rings. The van der Waals surface area contributed by atoms with Gasteiger partial charge < -0.3 is 87.8 Å². The molecule has 8 rings (SSSR count). The maximum atomic E-state index is 13.2. The van der Waals surface area contributed by atoms with Gasteiger partial charge in [-0.1, -0.05) is 12.8 Å². The number of esters is 2. The Balaban J connectivity index is 0.824. The zero-order valence-corrected chi connectivity index (χ0v) is 45.8. The monoisotopic (exact) mass is 1110 g/mol. The molecule has 2 saturated heterocycles. The van der Waals surface area contributed by atoms with Gasteiger partial charge in [0.25, 0.3) is 0 Å². The molecule has 80 heavy (non-hydrogen) atoms. The number of carbonyl (C=O) groups is 4. The fraction of sp³-hybridized carbons (Fsp3) is 0.464. The second kappa shape index (κ2) is 23.5. The number of carbonyl (C=O) groups excluding carboxylic acids is 4. The minimum atomic E-state index is -1.55. The summed E-state index contributed by atoms with van der Waals surface area (Å²) in [4.78, 5) is 84.3. The number of hydrogen-bond donors (Lipinski definition) is 8. The van der Waals surface area contributed by atoms with Crippen LogP contribution in [0.5, 0.6) is 23.0 Å². The number of aryl methyl sites for hydroxylation is 4. The number of amides is 2. The number of H-pyrrole nitrogens is 2. The lowest BCUT2D eigenvalue weighted by molar-refractivity contribution is -0.305. The van der Waals surface area contributed by atoms with Crippen LogP contribution in [0.4, 0.5) is 11.4 Å². The first-order valence-corrected chi connectivity index (χ1v) is 25.9. The maximum Gasteiger partial charge on any atom is 0.364 e. The van der Waals surface area contributed by atoms with Crippen molar-refractivity contribution in [2.75, 3.05) is 24.9 Å². The van der Waals surface area contributed by atoms with Crippen molar-refractivity contribution in [3.63, 3.8) is 0 Å². The first kappa shape index (κ1) is 58.4. The number of aromatic amines is 2. The number of fused-ring (bicyclic) bond motifs is 2. The van der Waals surface area contributed by atoms with Crippen LogP contribution in [-0.4, -0.2) is 129 Å². The highest BCUT2D eigenvalue weighted by molar-refractivity contribution is 5.99. The van der Waals surface area contributed by atoms with Gasteiger partial charge >= 0.3 is 23.2 Å². The van der Waals surface area contributed by atoms with Crippen molar-refractivity contribution in [1.29, 1.82) is 0 Å². The summed E-state index contributed by atoms with van der Waals surface area (Å²) in [6, 6.07) is 12.2. The van der Waals surface area contributed by atoms with E-state index in [-0.39, 0.29) is 68.8 Å². The minimum Gasteiger partial charge on any atom is -0.505 e. The molecular formula is C56H66N4O20. The zero-order chi connectivity index (χ0) is 58.1. The molecule has 0 aliphatic carbocycles. The molecule has 24 heteroatoms. The fourth-order valence-electron chi connectivity index (χ4n) is 10.0. The summed E-state index contributed by atoms with van der Waals surface area (Å²) in [6.45, 7) is 13.4. The lowest BCUT2D eigenvalue weighted by Crippen LogP contribution is -2.65. The molecule has 24 nitrogen and oxygen atoms in total. The summed E-state index contributed by atoms with van der Waals surface area (Å²) in [5, 5.41) is 50.3. The van der Waals surface area contributed by atoms with Crippen molar-refractivity contribution >= 4 is 57.1 Å². The summed E-state index contributed by atoms with van der Waals surface area (Å²) in [5.74, 6) is -3.53. The van der Waals surface area contributed by atoms with E-state index in [2.05, 4.69) is 20.6 Å². The Kier molecular flexibility index (Phi) is 17.2. The number of ether oxygens (including phenoxy) is 8. The first-order chi connectivity index (χ1) is 37.8. The number of methoxy groups -OCH3 is 2. The van der Waals surface area contributed by atoms with E-state index in [9.17, 15) is 49.2 Å². The number of rotatable bonds is 19. The van der Waals surface area contributed by atoms with Gasteiger partial charge in [-0.2, -0.15) is 0 Å². The van der Waals surface area contributed by atoms with Crippen molar-refractivity contribution in [2.24, 2.45) is 0 Å².